The molecule has 2 aromatic rings. The van der Waals surface area contributed by atoms with Crippen molar-refractivity contribution in [3.63, 3.8) is 0 Å². The largest absolute Gasteiger partial charge is 0.467 e. The fourth-order valence-electron chi connectivity index (χ4n) is 3.42. The SMILES string of the molecule is CN(C)C(=O)N(CC(=O)N(Cc1ccc(F)cc1)Cc1ccco1)CC1CCCO1. The van der Waals surface area contributed by atoms with Crippen LogP contribution in [0.3, 0.4) is 0 Å². The number of amides is 3. The average molecular weight is 417 g/mol. The minimum atomic E-state index is -0.332. The number of halogens is 1. The highest BCUT2D eigenvalue weighted by atomic mass is 19.1. The maximum absolute atomic E-state index is 13.3. The van der Waals surface area contributed by atoms with E-state index in [9.17, 15) is 14.0 Å². The van der Waals surface area contributed by atoms with Crippen molar-refractivity contribution in [3.05, 3.63) is 59.8 Å². The molecule has 8 heteroatoms. The van der Waals surface area contributed by atoms with E-state index < -0.39 is 0 Å². The summed E-state index contributed by atoms with van der Waals surface area (Å²) < 4.78 is 24.3. The van der Waals surface area contributed by atoms with Gasteiger partial charge in [0.2, 0.25) is 5.91 Å². The van der Waals surface area contributed by atoms with Crippen molar-refractivity contribution < 1.29 is 23.1 Å². The van der Waals surface area contributed by atoms with Crippen molar-refractivity contribution in [1.29, 1.82) is 0 Å². The predicted molar refractivity (Wildman–Crippen MR) is 109 cm³/mol. The van der Waals surface area contributed by atoms with E-state index >= 15 is 0 Å². The number of benzene rings is 1. The molecule has 1 fully saturated rings. The molecule has 1 saturated heterocycles. The van der Waals surface area contributed by atoms with Gasteiger partial charge in [0, 0.05) is 33.8 Å². The Kier molecular flexibility index (Phi) is 7.46. The summed E-state index contributed by atoms with van der Waals surface area (Å²) in [6, 6.07) is 9.34. The van der Waals surface area contributed by atoms with Gasteiger partial charge in [-0.25, -0.2) is 9.18 Å². The number of hydrogen-bond acceptors (Lipinski definition) is 4. The van der Waals surface area contributed by atoms with Crippen LogP contribution < -0.4 is 0 Å². The summed E-state index contributed by atoms with van der Waals surface area (Å²) in [6.07, 6.45) is 3.32. The van der Waals surface area contributed by atoms with Gasteiger partial charge in [-0.15, -0.1) is 0 Å². The van der Waals surface area contributed by atoms with Crippen molar-refractivity contribution in [2.24, 2.45) is 0 Å². The third kappa shape index (κ3) is 6.06. The second-order valence-electron chi connectivity index (χ2n) is 7.65. The standard InChI is InChI=1S/C22H28FN3O4/c1-24(2)22(28)26(15-20-6-4-12-30-20)16-21(27)25(14-19-5-3-11-29-19)13-17-7-9-18(23)10-8-17/h3,5,7-11,20H,4,6,12-16H2,1-2H3. The van der Waals surface area contributed by atoms with Gasteiger partial charge >= 0.3 is 6.03 Å². The van der Waals surface area contributed by atoms with E-state index in [0.29, 0.717) is 18.9 Å². The molecule has 1 aliphatic heterocycles. The third-order valence-electron chi connectivity index (χ3n) is 4.99. The number of carbonyl (C=O) groups is 2. The van der Waals surface area contributed by atoms with Gasteiger partial charge < -0.3 is 23.9 Å². The minimum absolute atomic E-state index is 0.0580. The van der Waals surface area contributed by atoms with Gasteiger partial charge in [-0.05, 0) is 42.7 Å². The van der Waals surface area contributed by atoms with Crippen molar-refractivity contribution >= 4 is 11.9 Å². The van der Waals surface area contributed by atoms with Crippen molar-refractivity contribution in [3.8, 4) is 0 Å². The summed E-state index contributed by atoms with van der Waals surface area (Å²) in [5.74, 6) is 0.0842. The summed E-state index contributed by atoms with van der Waals surface area (Å²) >= 11 is 0. The molecule has 3 rings (SSSR count). The number of nitrogens with zero attached hydrogens (tertiary/aromatic N) is 3. The molecule has 7 nitrogen and oxygen atoms in total. The number of ether oxygens (including phenoxy) is 1. The first-order valence-electron chi connectivity index (χ1n) is 10.0. The van der Waals surface area contributed by atoms with Gasteiger partial charge in [0.15, 0.2) is 0 Å². The molecule has 162 valence electrons. The van der Waals surface area contributed by atoms with Gasteiger partial charge in [-0.1, -0.05) is 12.1 Å². The Labute approximate surface area is 176 Å². The molecule has 1 aliphatic rings. The van der Waals surface area contributed by atoms with Crippen LogP contribution in [0.25, 0.3) is 0 Å². The lowest BCUT2D eigenvalue weighted by Gasteiger charge is -2.30. The zero-order chi connectivity index (χ0) is 21.5. The van der Waals surface area contributed by atoms with E-state index in [1.165, 1.54) is 21.9 Å². The lowest BCUT2D eigenvalue weighted by molar-refractivity contribution is -0.133. The normalized spacial score (nSPS) is 15.8. The molecule has 1 unspecified atom stereocenters. The Morgan fingerprint density at radius 3 is 2.47 bits per heavy atom. The second kappa shape index (κ2) is 10.2. The number of urea groups is 1. The van der Waals surface area contributed by atoms with Crippen LogP contribution >= 0.6 is 0 Å². The second-order valence-corrected chi connectivity index (χ2v) is 7.65. The first kappa shape index (κ1) is 21.8. The Morgan fingerprint density at radius 2 is 1.87 bits per heavy atom. The Morgan fingerprint density at radius 1 is 1.10 bits per heavy atom. The molecule has 0 N–H and O–H groups in total. The average Bonchev–Trinajstić information content (AvgIpc) is 3.42. The van der Waals surface area contributed by atoms with E-state index in [4.69, 9.17) is 9.15 Å². The molecule has 0 aliphatic carbocycles. The molecule has 3 amide bonds. The third-order valence-corrected chi connectivity index (χ3v) is 4.99. The van der Waals surface area contributed by atoms with Crippen LogP contribution in [-0.2, 0) is 22.6 Å². The molecule has 1 aromatic carbocycles. The van der Waals surface area contributed by atoms with Crippen LogP contribution in [0.15, 0.2) is 47.1 Å². The van der Waals surface area contributed by atoms with Gasteiger partial charge in [0.05, 0.1) is 18.9 Å². The van der Waals surface area contributed by atoms with Crippen molar-refractivity contribution in [2.45, 2.75) is 32.0 Å². The topological polar surface area (TPSA) is 66.2 Å². The van der Waals surface area contributed by atoms with E-state index in [0.717, 1.165) is 18.4 Å². The van der Waals surface area contributed by atoms with Gasteiger partial charge in [0.25, 0.3) is 0 Å². The van der Waals surface area contributed by atoms with Gasteiger partial charge in [-0.2, -0.15) is 0 Å². The van der Waals surface area contributed by atoms with Crippen molar-refractivity contribution in [1.82, 2.24) is 14.7 Å². The van der Waals surface area contributed by atoms with Crippen molar-refractivity contribution in [2.75, 3.05) is 33.8 Å². The number of rotatable bonds is 8. The fourth-order valence-corrected chi connectivity index (χ4v) is 3.42. The summed E-state index contributed by atoms with van der Waals surface area (Å²) in [4.78, 5) is 30.5. The predicted octanol–water partition coefficient (Wildman–Crippen LogP) is 3.11. The molecule has 0 radical (unpaired) electrons. The highest BCUT2D eigenvalue weighted by Gasteiger charge is 2.27. The first-order chi connectivity index (χ1) is 14.4. The quantitative estimate of drug-likeness (QED) is 0.662. The summed E-state index contributed by atoms with van der Waals surface area (Å²) in [7, 11) is 3.32. The van der Waals surface area contributed by atoms with E-state index in [1.807, 2.05) is 0 Å². The lowest BCUT2D eigenvalue weighted by atomic mass is 10.2. The highest BCUT2D eigenvalue weighted by molar-refractivity contribution is 5.84. The summed E-state index contributed by atoms with van der Waals surface area (Å²) in [6.45, 7) is 1.52. The molecule has 0 saturated carbocycles. The Hall–Kier alpha value is -2.87. The molecule has 0 bridgehead atoms. The minimum Gasteiger partial charge on any atom is -0.467 e. The zero-order valence-electron chi connectivity index (χ0n) is 17.4. The van der Waals surface area contributed by atoms with Crippen LogP contribution in [0, 0.1) is 5.82 Å². The smallest absolute Gasteiger partial charge is 0.320 e. The molecule has 0 spiro atoms. The molecule has 1 aromatic heterocycles. The maximum atomic E-state index is 13.3. The van der Waals surface area contributed by atoms with Crippen LogP contribution in [0.2, 0.25) is 0 Å². The maximum Gasteiger partial charge on any atom is 0.320 e. The molecular weight excluding hydrogens is 389 g/mol. The van der Waals surface area contributed by atoms with Gasteiger partial charge in [0.1, 0.15) is 18.1 Å². The summed E-state index contributed by atoms with van der Waals surface area (Å²) in [5.41, 5.74) is 0.793. The van der Waals surface area contributed by atoms with Crippen LogP contribution in [0.4, 0.5) is 9.18 Å². The first-order valence-corrected chi connectivity index (χ1v) is 10.0. The van der Waals surface area contributed by atoms with Crippen LogP contribution in [-0.4, -0.2) is 66.5 Å². The Bertz CT molecular complexity index is 817. The van der Waals surface area contributed by atoms with Crippen LogP contribution in [0.1, 0.15) is 24.2 Å². The van der Waals surface area contributed by atoms with Crippen LogP contribution in [0.5, 0.6) is 0 Å². The number of carbonyl (C=O) groups excluding carboxylic acids is 2. The monoisotopic (exact) mass is 417 g/mol. The number of hydrogen-bond donors (Lipinski definition) is 0. The zero-order valence-corrected chi connectivity index (χ0v) is 17.4. The van der Waals surface area contributed by atoms with Gasteiger partial charge in [-0.3, -0.25) is 4.79 Å². The van der Waals surface area contributed by atoms with E-state index in [-0.39, 0.29) is 43.5 Å². The molecule has 30 heavy (non-hydrogen) atoms. The Balaban J connectivity index is 1.74. The molecule has 2 heterocycles. The van der Waals surface area contributed by atoms with E-state index in [2.05, 4.69) is 0 Å². The van der Waals surface area contributed by atoms with E-state index in [1.54, 1.807) is 49.5 Å². The summed E-state index contributed by atoms with van der Waals surface area (Å²) in [5, 5.41) is 0. The lowest BCUT2D eigenvalue weighted by Crippen LogP contribution is -2.48. The highest BCUT2D eigenvalue weighted by Crippen LogP contribution is 2.16. The molecular formula is C22H28FN3O4. The number of furan rings is 1. The fraction of sp³-hybridized carbons (Fsp3) is 0.455. The molecule has 1 atom stereocenters.